The fourth-order valence-corrected chi connectivity index (χ4v) is 1.97. The lowest BCUT2D eigenvalue weighted by atomic mass is 10.1. The van der Waals surface area contributed by atoms with Crippen LogP contribution in [0.1, 0.15) is 5.56 Å². The summed E-state index contributed by atoms with van der Waals surface area (Å²) in [5.74, 6) is -0.364. The number of rotatable bonds is 2. The molecule has 1 unspecified atom stereocenters. The summed E-state index contributed by atoms with van der Waals surface area (Å²) in [4.78, 5) is 11.7. The zero-order chi connectivity index (χ0) is 11.5. The predicted octanol–water partition coefficient (Wildman–Crippen LogP) is 1.91. The quantitative estimate of drug-likeness (QED) is 0.778. The average Bonchev–Trinajstić information content (AvgIpc) is 2.28. The first-order valence-electron chi connectivity index (χ1n) is 5.00. The molecule has 3 nitrogen and oxygen atoms in total. The van der Waals surface area contributed by atoms with Gasteiger partial charge in [0.25, 0.3) is 5.91 Å². The van der Waals surface area contributed by atoms with Crippen LogP contribution in [0.5, 0.6) is 0 Å². The van der Waals surface area contributed by atoms with Crippen molar-refractivity contribution < 1.29 is 13.9 Å². The lowest BCUT2D eigenvalue weighted by molar-refractivity contribution is -0.144. The van der Waals surface area contributed by atoms with E-state index in [4.69, 9.17) is 4.74 Å². The Morgan fingerprint density at radius 3 is 2.81 bits per heavy atom. The molecule has 86 valence electrons. The van der Waals surface area contributed by atoms with E-state index < -0.39 is 6.10 Å². The van der Waals surface area contributed by atoms with Crippen LogP contribution in [0.4, 0.5) is 4.39 Å². The fourth-order valence-electron chi connectivity index (χ4n) is 1.59. The van der Waals surface area contributed by atoms with Crippen LogP contribution in [0.15, 0.2) is 24.3 Å². The van der Waals surface area contributed by atoms with Gasteiger partial charge in [0.1, 0.15) is 11.9 Å². The molecule has 2 rings (SSSR count). The highest BCUT2D eigenvalue weighted by Gasteiger charge is 2.28. The number of carbonyl (C=O) groups is 1. The SMILES string of the molecule is O=C1C(Cc2ccc(F)cc2)OCCN1Br. The van der Waals surface area contributed by atoms with Crippen LogP contribution >= 0.6 is 16.1 Å². The number of ether oxygens (including phenoxy) is 1. The molecule has 1 aromatic carbocycles. The van der Waals surface area contributed by atoms with E-state index in [0.29, 0.717) is 19.6 Å². The highest BCUT2D eigenvalue weighted by atomic mass is 79.9. The Kier molecular flexibility index (Phi) is 3.56. The van der Waals surface area contributed by atoms with E-state index in [9.17, 15) is 9.18 Å². The second-order valence-electron chi connectivity index (χ2n) is 3.61. The van der Waals surface area contributed by atoms with Crippen molar-refractivity contribution in [3.8, 4) is 0 Å². The van der Waals surface area contributed by atoms with Crippen LogP contribution in [0, 0.1) is 5.82 Å². The molecule has 0 spiro atoms. The zero-order valence-electron chi connectivity index (χ0n) is 8.53. The molecule has 5 heteroatoms. The summed E-state index contributed by atoms with van der Waals surface area (Å²) >= 11 is 3.16. The molecule has 1 atom stereocenters. The van der Waals surface area contributed by atoms with Gasteiger partial charge in [-0.2, -0.15) is 0 Å². The highest BCUT2D eigenvalue weighted by molar-refractivity contribution is 9.07. The van der Waals surface area contributed by atoms with Gasteiger partial charge in [-0.15, -0.1) is 0 Å². The largest absolute Gasteiger partial charge is 0.366 e. The van der Waals surface area contributed by atoms with Crippen LogP contribution in [0.3, 0.4) is 0 Å². The first-order chi connectivity index (χ1) is 7.66. The van der Waals surface area contributed by atoms with Crippen LogP contribution in [-0.4, -0.2) is 29.1 Å². The molecule has 0 bridgehead atoms. The van der Waals surface area contributed by atoms with Gasteiger partial charge in [-0.3, -0.25) is 8.72 Å². The minimum absolute atomic E-state index is 0.0874. The molecule has 0 saturated carbocycles. The van der Waals surface area contributed by atoms with Crippen molar-refractivity contribution in [2.24, 2.45) is 0 Å². The summed E-state index contributed by atoms with van der Waals surface area (Å²) in [7, 11) is 0. The molecule has 1 aliphatic heterocycles. The maximum absolute atomic E-state index is 12.7. The first kappa shape index (κ1) is 11.5. The third-order valence-electron chi connectivity index (χ3n) is 2.46. The lowest BCUT2D eigenvalue weighted by Crippen LogP contribution is -2.43. The Balaban J connectivity index is 2.03. The second-order valence-corrected chi connectivity index (χ2v) is 4.47. The number of hydrogen-bond acceptors (Lipinski definition) is 2. The van der Waals surface area contributed by atoms with E-state index in [1.807, 2.05) is 0 Å². The molecule has 0 aliphatic carbocycles. The van der Waals surface area contributed by atoms with Crippen LogP contribution < -0.4 is 0 Å². The lowest BCUT2D eigenvalue weighted by Gasteiger charge is -2.27. The summed E-state index contributed by atoms with van der Waals surface area (Å²) in [6.45, 7) is 1.07. The van der Waals surface area contributed by atoms with Crippen LogP contribution in [0.25, 0.3) is 0 Å². The maximum Gasteiger partial charge on any atom is 0.261 e. The molecule has 1 aromatic rings. The summed E-state index contributed by atoms with van der Waals surface area (Å²) in [5.41, 5.74) is 0.891. The van der Waals surface area contributed by atoms with Crippen LogP contribution in [-0.2, 0) is 16.0 Å². The topological polar surface area (TPSA) is 29.5 Å². The molecule has 0 N–H and O–H groups in total. The smallest absolute Gasteiger partial charge is 0.261 e. The van der Waals surface area contributed by atoms with Gasteiger partial charge in [0.2, 0.25) is 0 Å². The van der Waals surface area contributed by atoms with E-state index in [1.165, 1.54) is 16.1 Å². The second kappa shape index (κ2) is 4.93. The Morgan fingerprint density at radius 1 is 1.44 bits per heavy atom. The van der Waals surface area contributed by atoms with Gasteiger partial charge in [0, 0.05) is 6.42 Å². The summed E-state index contributed by atoms with van der Waals surface area (Å²) < 4.78 is 19.5. The van der Waals surface area contributed by atoms with Gasteiger partial charge in [-0.05, 0) is 17.7 Å². The van der Waals surface area contributed by atoms with Crippen molar-refractivity contribution in [3.05, 3.63) is 35.6 Å². The number of amides is 1. The molecule has 1 saturated heterocycles. The van der Waals surface area contributed by atoms with Crippen molar-refractivity contribution in [3.63, 3.8) is 0 Å². The van der Waals surface area contributed by atoms with E-state index in [0.717, 1.165) is 5.56 Å². The van der Waals surface area contributed by atoms with E-state index >= 15 is 0 Å². The van der Waals surface area contributed by atoms with Gasteiger partial charge >= 0.3 is 0 Å². The van der Waals surface area contributed by atoms with Gasteiger partial charge in [0.05, 0.1) is 29.3 Å². The summed E-state index contributed by atoms with van der Waals surface area (Å²) in [6, 6.07) is 6.10. The molecule has 1 amide bonds. The van der Waals surface area contributed by atoms with Crippen molar-refractivity contribution in [2.75, 3.05) is 13.2 Å². The fraction of sp³-hybridized carbons (Fsp3) is 0.364. The summed E-state index contributed by atoms with van der Waals surface area (Å²) in [6.07, 6.45) is -0.000105. The van der Waals surface area contributed by atoms with Crippen LogP contribution in [0.2, 0.25) is 0 Å². The number of morpholine rings is 1. The van der Waals surface area contributed by atoms with Crippen molar-refractivity contribution in [1.82, 2.24) is 3.93 Å². The molecular formula is C11H11BrFNO2. The molecule has 16 heavy (non-hydrogen) atoms. The number of halogens is 2. The van der Waals surface area contributed by atoms with Crippen molar-refractivity contribution >= 4 is 22.1 Å². The minimum Gasteiger partial charge on any atom is -0.366 e. The Morgan fingerprint density at radius 2 is 2.12 bits per heavy atom. The van der Waals surface area contributed by atoms with Gasteiger partial charge < -0.3 is 4.74 Å². The normalized spacial score (nSPS) is 21.2. The van der Waals surface area contributed by atoms with E-state index in [-0.39, 0.29) is 11.7 Å². The Bertz CT molecular complexity index is 382. The molecule has 1 aliphatic rings. The molecule has 0 aromatic heterocycles. The van der Waals surface area contributed by atoms with E-state index in [1.54, 1.807) is 12.1 Å². The number of nitrogens with zero attached hydrogens (tertiary/aromatic N) is 1. The average molecular weight is 288 g/mol. The molecule has 1 heterocycles. The predicted molar refractivity (Wildman–Crippen MR) is 60.5 cm³/mol. The van der Waals surface area contributed by atoms with Gasteiger partial charge in [-0.25, -0.2) is 4.39 Å². The van der Waals surface area contributed by atoms with E-state index in [2.05, 4.69) is 16.1 Å². The zero-order valence-corrected chi connectivity index (χ0v) is 10.1. The highest BCUT2D eigenvalue weighted by Crippen LogP contribution is 2.15. The molecule has 0 radical (unpaired) electrons. The van der Waals surface area contributed by atoms with Crippen molar-refractivity contribution in [2.45, 2.75) is 12.5 Å². The van der Waals surface area contributed by atoms with Gasteiger partial charge in [-0.1, -0.05) is 12.1 Å². The standard InChI is InChI=1S/C11H11BrFNO2/c12-14-5-6-16-10(11(14)15)7-8-1-3-9(13)4-2-8/h1-4,10H,5-7H2. The Hall–Kier alpha value is -0.940. The number of hydrogen-bond donors (Lipinski definition) is 0. The maximum atomic E-state index is 12.7. The number of benzene rings is 1. The third-order valence-corrected chi connectivity index (χ3v) is 3.16. The third kappa shape index (κ3) is 2.59. The molecular weight excluding hydrogens is 277 g/mol. The summed E-state index contributed by atoms with van der Waals surface area (Å²) in [5, 5.41) is 0. The van der Waals surface area contributed by atoms with Crippen molar-refractivity contribution in [1.29, 1.82) is 0 Å². The Labute approximate surface area is 102 Å². The first-order valence-corrected chi connectivity index (χ1v) is 5.71. The number of carbonyl (C=O) groups excluding carboxylic acids is 1. The minimum atomic E-state index is -0.474. The molecule has 1 fully saturated rings. The van der Waals surface area contributed by atoms with Gasteiger partial charge in [0.15, 0.2) is 0 Å². The monoisotopic (exact) mass is 287 g/mol.